The molecule has 134 valence electrons. The van der Waals surface area contributed by atoms with E-state index in [0.29, 0.717) is 11.6 Å². The van der Waals surface area contributed by atoms with Gasteiger partial charge >= 0.3 is 0 Å². The molecule has 1 aliphatic rings. The number of anilines is 1. The third kappa shape index (κ3) is 4.26. The molecular formula is C17H22N4O3S. The fourth-order valence-corrected chi connectivity index (χ4v) is 3.78. The maximum absolute atomic E-state index is 12.4. The van der Waals surface area contributed by atoms with Gasteiger partial charge < -0.3 is 9.64 Å². The number of aryl methyl sites for hydroxylation is 1. The van der Waals surface area contributed by atoms with Gasteiger partial charge in [0.05, 0.1) is 18.6 Å². The predicted molar refractivity (Wildman–Crippen MR) is 95.2 cm³/mol. The molecule has 0 amide bonds. The molecular weight excluding hydrogens is 340 g/mol. The summed E-state index contributed by atoms with van der Waals surface area (Å²) < 4.78 is 32.4. The third-order valence-corrected chi connectivity index (χ3v) is 5.52. The van der Waals surface area contributed by atoms with Crippen molar-refractivity contribution in [1.29, 1.82) is 0 Å². The molecule has 2 aromatic rings. The summed E-state index contributed by atoms with van der Waals surface area (Å²) in [7, 11) is -2.09. The van der Waals surface area contributed by atoms with Crippen LogP contribution in [0.5, 0.6) is 5.75 Å². The van der Waals surface area contributed by atoms with Crippen molar-refractivity contribution in [3.63, 3.8) is 0 Å². The van der Waals surface area contributed by atoms with Crippen LogP contribution in [0.25, 0.3) is 0 Å². The molecule has 1 aromatic heterocycles. The lowest BCUT2D eigenvalue weighted by molar-refractivity contribution is 0.414. The fraction of sp³-hybridized carbons (Fsp3) is 0.412. The molecule has 0 bridgehead atoms. The van der Waals surface area contributed by atoms with Gasteiger partial charge in [-0.3, -0.25) is 0 Å². The van der Waals surface area contributed by atoms with Crippen molar-refractivity contribution < 1.29 is 13.2 Å². The molecule has 0 atom stereocenters. The van der Waals surface area contributed by atoms with Gasteiger partial charge in [-0.05, 0) is 44.0 Å². The summed E-state index contributed by atoms with van der Waals surface area (Å²) in [6.45, 7) is 3.90. The van der Waals surface area contributed by atoms with Gasteiger partial charge in [-0.2, -0.15) is 0 Å². The highest BCUT2D eigenvalue weighted by molar-refractivity contribution is 7.89. The van der Waals surface area contributed by atoms with Crippen LogP contribution >= 0.6 is 0 Å². The van der Waals surface area contributed by atoms with Gasteiger partial charge in [0.2, 0.25) is 10.0 Å². The van der Waals surface area contributed by atoms with Crippen LogP contribution in [0, 0.1) is 6.92 Å². The summed E-state index contributed by atoms with van der Waals surface area (Å²) >= 11 is 0. The molecule has 0 aliphatic carbocycles. The average molecular weight is 362 g/mol. The molecule has 1 aliphatic heterocycles. The number of sulfonamides is 1. The summed E-state index contributed by atoms with van der Waals surface area (Å²) in [4.78, 5) is 11.2. The second-order valence-corrected chi connectivity index (χ2v) is 7.74. The van der Waals surface area contributed by atoms with Crippen LogP contribution in [0.15, 0.2) is 35.2 Å². The molecule has 1 fully saturated rings. The van der Waals surface area contributed by atoms with Crippen molar-refractivity contribution in [2.45, 2.75) is 31.2 Å². The van der Waals surface area contributed by atoms with Gasteiger partial charge in [-0.1, -0.05) is 0 Å². The summed E-state index contributed by atoms with van der Waals surface area (Å²) in [5, 5.41) is 0. The first kappa shape index (κ1) is 17.6. The highest BCUT2D eigenvalue weighted by Crippen LogP contribution is 2.19. The van der Waals surface area contributed by atoms with Crippen LogP contribution in [0.3, 0.4) is 0 Å². The SMILES string of the molecule is COc1ccc(S(=O)(=O)NCc2nc(C)cc(N3CCCC3)n2)cc1. The summed E-state index contributed by atoms with van der Waals surface area (Å²) in [5.41, 5.74) is 0.829. The Kier molecular flexibility index (Phi) is 5.19. The highest BCUT2D eigenvalue weighted by atomic mass is 32.2. The van der Waals surface area contributed by atoms with Crippen LogP contribution in [0.1, 0.15) is 24.4 Å². The first-order valence-corrected chi connectivity index (χ1v) is 9.69. The summed E-state index contributed by atoms with van der Waals surface area (Å²) in [5.74, 6) is 1.94. The lowest BCUT2D eigenvalue weighted by Gasteiger charge is -2.17. The van der Waals surface area contributed by atoms with Crippen molar-refractivity contribution >= 4 is 15.8 Å². The second kappa shape index (κ2) is 7.37. The van der Waals surface area contributed by atoms with E-state index in [1.54, 1.807) is 12.1 Å². The van der Waals surface area contributed by atoms with E-state index in [0.717, 1.165) is 37.4 Å². The van der Waals surface area contributed by atoms with Gasteiger partial charge in [-0.25, -0.2) is 23.1 Å². The van der Waals surface area contributed by atoms with E-state index in [-0.39, 0.29) is 11.4 Å². The van der Waals surface area contributed by atoms with Crippen LogP contribution in [-0.4, -0.2) is 38.6 Å². The van der Waals surface area contributed by atoms with E-state index >= 15 is 0 Å². The monoisotopic (exact) mass is 362 g/mol. The Hall–Kier alpha value is -2.19. The minimum atomic E-state index is -3.63. The van der Waals surface area contributed by atoms with Gasteiger partial charge in [0.1, 0.15) is 17.4 Å². The van der Waals surface area contributed by atoms with E-state index in [1.807, 2.05) is 13.0 Å². The van der Waals surface area contributed by atoms with E-state index in [1.165, 1.54) is 19.2 Å². The molecule has 1 aromatic carbocycles. The van der Waals surface area contributed by atoms with E-state index < -0.39 is 10.0 Å². The van der Waals surface area contributed by atoms with Crippen LogP contribution < -0.4 is 14.4 Å². The number of benzene rings is 1. The third-order valence-electron chi connectivity index (χ3n) is 4.11. The molecule has 1 saturated heterocycles. The topological polar surface area (TPSA) is 84.4 Å². The van der Waals surface area contributed by atoms with Crippen molar-refractivity contribution in [2.75, 3.05) is 25.1 Å². The van der Waals surface area contributed by atoms with Crippen molar-refractivity contribution in [3.05, 3.63) is 41.9 Å². The quantitative estimate of drug-likeness (QED) is 0.844. The Labute approximate surface area is 148 Å². The van der Waals surface area contributed by atoms with Gasteiger partial charge in [0.15, 0.2) is 0 Å². The molecule has 25 heavy (non-hydrogen) atoms. The zero-order valence-electron chi connectivity index (χ0n) is 14.4. The second-order valence-electron chi connectivity index (χ2n) is 5.98. The maximum Gasteiger partial charge on any atom is 0.240 e. The summed E-state index contributed by atoms with van der Waals surface area (Å²) in [6, 6.07) is 8.18. The molecule has 0 radical (unpaired) electrons. The first-order valence-electron chi connectivity index (χ1n) is 8.21. The number of ether oxygens (including phenoxy) is 1. The molecule has 0 saturated carbocycles. The lowest BCUT2D eigenvalue weighted by Crippen LogP contribution is -2.26. The minimum absolute atomic E-state index is 0.0525. The fourth-order valence-electron chi connectivity index (χ4n) is 2.80. The predicted octanol–water partition coefficient (Wildman–Crippen LogP) is 1.87. The number of nitrogens with one attached hydrogen (secondary N) is 1. The molecule has 1 N–H and O–H groups in total. The van der Waals surface area contributed by atoms with Crippen LogP contribution in [0.4, 0.5) is 5.82 Å². The van der Waals surface area contributed by atoms with Crippen molar-refractivity contribution in [1.82, 2.24) is 14.7 Å². The maximum atomic E-state index is 12.4. The largest absolute Gasteiger partial charge is 0.497 e. The average Bonchev–Trinajstić information content (AvgIpc) is 3.14. The van der Waals surface area contributed by atoms with Gasteiger partial charge in [-0.15, -0.1) is 0 Å². The van der Waals surface area contributed by atoms with E-state index in [4.69, 9.17) is 4.74 Å². The zero-order valence-corrected chi connectivity index (χ0v) is 15.2. The molecule has 3 rings (SSSR count). The Morgan fingerprint density at radius 3 is 2.48 bits per heavy atom. The number of methoxy groups -OCH3 is 1. The Bertz CT molecular complexity index is 831. The van der Waals surface area contributed by atoms with Crippen molar-refractivity contribution in [3.8, 4) is 5.75 Å². The minimum Gasteiger partial charge on any atom is -0.497 e. The van der Waals surface area contributed by atoms with Crippen LogP contribution in [-0.2, 0) is 16.6 Å². The Morgan fingerprint density at radius 1 is 1.16 bits per heavy atom. The zero-order chi connectivity index (χ0) is 17.9. The van der Waals surface area contributed by atoms with Crippen LogP contribution in [0.2, 0.25) is 0 Å². The molecule has 7 nitrogen and oxygen atoms in total. The number of rotatable bonds is 6. The lowest BCUT2D eigenvalue weighted by atomic mass is 10.3. The van der Waals surface area contributed by atoms with Crippen molar-refractivity contribution in [2.24, 2.45) is 0 Å². The van der Waals surface area contributed by atoms with Gasteiger partial charge in [0, 0.05) is 24.8 Å². The number of nitrogens with zero attached hydrogens (tertiary/aromatic N) is 3. The smallest absolute Gasteiger partial charge is 0.240 e. The molecule has 8 heteroatoms. The van der Waals surface area contributed by atoms with E-state index in [9.17, 15) is 8.42 Å². The molecule has 2 heterocycles. The first-order chi connectivity index (χ1) is 12.0. The Balaban J connectivity index is 1.73. The van der Waals surface area contributed by atoms with Gasteiger partial charge in [0.25, 0.3) is 0 Å². The standard InChI is InChI=1S/C17H22N4O3S/c1-13-11-17(21-9-3-4-10-21)20-16(19-13)12-18-25(22,23)15-7-5-14(24-2)6-8-15/h5-8,11,18H,3-4,9-10,12H2,1-2H3. The van der Waals surface area contributed by atoms with E-state index in [2.05, 4.69) is 19.6 Å². The molecule has 0 unspecified atom stereocenters. The normalized spacial score (nSPS) is 14.7. The Morgan fingerprint density at radius 2 is 1.84 bits per heavy atom. The highest BCUT2D eigenvalue weighted by Gasteiger charge is 2.17. The molecule has 0 spiro atoms. The number of hydrogen-bond acceptors (Lipinski definition) is 6. The number of aromatic nitrogens is 2. The summed E-state index contributed by atoms with van der Waals surface area (Å²) in [6.07, 6.45) is 2.31. The number of hydrogen-bond donors (Lipinski definition) is 1.